The van der Waals surface area contributed by atoms with Crippen molar-refractivity contribution in [3.05, 3.63) is 29.8 Å². The first-order chi connectivity index (χ1) is 12.3. The van der Waals surface area contributed by atoms with Crippen LogP contribution in [0.2, 0.25) is 0 Å². The third kappa shape index (κ3) is 4.55. The lowest BCUT2D eigenvalue weighted by atomic mass is 10.1. The molecule has 4 rings (SSSR count). The highest BCUT2D eigenvalue weighted by atomic mass is 16.5. The summed E-state index contributed by atoms with van der Waals surface area (Å²) in [5.74, 6) is 2.87. The van der Waals surface area contributed by atoms with E-state index in [1.165, 1.54) is 64.0 Å². The number of rotatable bonds is 8. The van der Waals surface area contributed by atoms with Crippen molar-refractivity contribution in [2.45, 2.75) is 32.2 Å². The number of aromatic hydroxyl groups is 1. The van der Waals surface area contributed by atoms with Crippen LogP contribution in [-0.2, 0) is 11.3 Å². The van der Waals surface area contributed by atoms with Gasteiger partial charge < -0.3 is 14.7 Å². The van der Waals surface area contributed by atoms with Gasteiger partial charge in [-0.05, 0) is 67.8 Å². The van der Waals surface area contributed by atoms with Crippen LogP contribution < -0.4 is 0 Å². The zero-order chi connectivity index (χ0) is 17.1. The van der Waals surface area contributed by atoms with E-state index in [4.69, 9.17) is 4.74 Å². The van der Waals surface area contributed by atoms with Crippen LogP contribution in [0.4, 0.5) is 0 Å². The van der Waals surface area contributed by atoms with E-state index < -0.39 is 0 Å². The van der Waals surface area contributed by atoms with E-state index in [-0.39, 0.29) is 0 Å². The van der Waals surface area contributed by atoms with Crippen LogP contribution in [0.3, 0.4) is 0 Å². The summed E-state index contributed by atoms with van der Waals surface area (Å²) in [6, 6.07) is 7.66. The topological polar surface area (TPSA) is 35.9 Å². The fourth-order valence-electron chi connectivity index (χ4n) is 4.82. The molecule has 0 radical (unpaired) electrons. The Morgan fingerprint density at radius 1 is 1.04 bits per heavy atom. The molecule has 4 nitrogen and oxygen atoms in total. The monoisotopic (exact) mass is 344 g/mol. The van der Waals surface area contributed by atoms with E-state index in [2.05, 4.69) is 15.9 Å². The lowest BCUT2D eigenvalue weighted by molar-refractivity contribution is 0.0967. The number of fused-ring (bicyclic) bond motifs is 1. The molecule has 0 aromatic heterocycles. The minimum absolute atomic E-state index is 0.373. The molecule has 3 aliphatic rings. The van der Waals surface area contributed by atoms with Crippen molar-refractivity contribution in [2.24, 2.45) is 17.8 Å². The number of nitrogens with zero attached hydrogens (tertiary/aromatic N) is 2. The minimum atomic E-state index is 0.373. The molecule has 4 heteroatoms. The summed E-state index contributed by atoms with van der Waals surface area (Å²) in [6.07, 6.45) is 5.36. The Kier molecular flexibility index (Phi) is 5.59. The van der Waals surface area contributed by atoms with Gasteiger partial charge in [-0.25, -0.2) is 0 Å². The van der Waals surface area contributed by atoms with Crippen molar-refractivity contribution in [3.63, 3.8) is 0 Å². The van der Waals surface area contributed by atoms with E-state index in [1.54, 1.807) is 6.07 Å². The highest BCUT2D eigenvalue weighted by Crippen LogP contribution is 2.52. The summed E-state index contributed by atoms with van der Waals surface area (Å²) in [5.41, 5.74) is 1.21. The van der Waals surface area contributed by atoms with E-state index in [0.29, 0.717) is 5.75 Å². The Hall–Kier alpha value is -1.10. The molecule has 2 saturated heterocycles. The standard InChI is InChI=1S/C21H32N2O2/c24-18-7-4-6-17(12-18)13-23-14-19-20(15-23)21(19)16-25-11-5-10-22-8-2-1-3-9-22/h4,6-7,12,19-21,24H,1-3,5,8-11,13-16H2/t19-,20?,21?/m1/s1. The van der Waals surface area contributed by atoms with E-state index in [1.807, 2.05) is 12.1 Å². The molecule has 1 N–H and O–H groups in total. The zero-order valence-corrected chi connectivity index (χ0v) is 15.3. The number of benzene rings is 1. The van der Waals surface area contributed by atoms with E-state index in [0.717, 1.165) is 37.5 Å². The Morgan fingerprint density at radius 3 is 2.60 bits per heavy atom. The smallest absolute Gasteiger partial charge is 0.115 e. The van der Waals surface area contributed by atoms with Crippen molar-refractivity contribution in [1.29, 1.82) is 0 Å². The fraction of sp³-hybridized carbons (Fsp3) is 0.714. The molecular formula is C21H32N2O2. The molecule has 25 heavy (non-hydrogen) atoms. The van der Waals surface area contributed by atoms with Gasteiger partial charge in [0.1, 0.15) is 5.75 Å². The van der Waals surface area contributed by atoms with Gasteiger partial charge in [0.15, 0.2) is 0 Å². The molecule has 2 aliphatic heterocycles. The molecule has 0 bridgehead atoms. The Bertz CT molecular complexity index is 547. The van der Waals surface area contributed by atoms with Crippen molar-refractivity contribution >= 4 is 0 Å². The maximum atomic E-state index is 9.58. The number of phenols is 1. The number of hydrogen-bond donors (Lipinski definition) is 1. The Labute approximate surface area is 151 Å². The fourth-order valence-corrected chi connectivity index (χ4v) is 4.82. The molecule has 2 heterocycles. The minimum Gasteiger partial charge on any atom is -0.508 e. The first-order valence-corrected chi connectivity index (χ1v) is 10.1. The molecule has 3 fully saturated rings. The third-order valence-corrected chi connectivity index (χ3v) is 6.29. The predicted molar refractivity (Wildman–Crippen MR) is 99.6 cm³/mol. The number of ether oxygens (including phenoxy) is 1. The van der Waals surface area contributed by atoms with Crippen LogP contribution in [0.1, 0.15) is 31.2 Å². The Morgan fingerprint density at radius 2 is 1.84 bits per heavy atom. The molecule has 1 aliphatic carbocycles. The van der Waals surface area contributed by atoms with Gasteiger partial charge in [-0.1, -0.05) is 18.6 Å². The number of hydrogen-bond acceptors (Lipinski definition) is 4. The van der Waals surface area contributed by atoms with Crippen LogP contribution >= 0.6 is 0 Å². The summed E-state index contributed by atoms with van der Waals surface area (Å²) in [7, 11) is 0. The largest absolute Gasteiger partial charge is 0.508 e. The molecule has 1 aromatic rings. The van der Waals surface area contributed by atoms with Crippen LogP contribution in [-0.4, -0.2) is 60.8 Å². The number of phenolic OH excluding ortho intramolecular Hbond substituents is 1. The zero-order valence-electron chi connectivity index (χ0n) is 15.3. The molecule has 3 atom stereocenters. The lowest BCUT2D eigenvalue weighted by Gasteiger charge is -2.26. The van der Waals surface area contributed by atoms with Gasteiger partial charge >= 0.3 is 0 Å². The van der Waals surface area contributed by atoms with Crippen molar-refractivity contribution in [1.82, 2.24) is 9.80 Å². The first-order valence-electron chi connectivity index (χ1n) is 10.1. The average Bonchev–Trinajstić information content (AvgIpc) is 3.07. The maximum Gasteiger partial charge on any atom is 0.115 e. The molecule has 2 unspecified atom stereocenters. The second-order valence-corrected chi connectivity index (χ2v) is 8.19. The second kappa shape index (κ2) is 8.07. The molecular weight excluding hydrogens is 312 g/mol. The van der Waals surface area contributed by atoms with Gasteiger partial charge in [0.2, 0.25) is 0 Å². The maximum absolute atomic E-state index is 9.58. The van der Waals surface area contributed by atoms with Gasteiger partial charge in [-0.2, -0.15) is 0 Å². The number of piperidine rings is 2. The summed E-state index contributed by atoms with van der Waals surface area (Å²) in [4.78, 5) is 5.12. The van der Waals surface area contributed by atoms with E-state index >= 15 is 0 Å². The van der Waals surface area contributed by atoms with Gasteiger partial charge in [0.25, 0.3) is 0 Å². The van der Waals surface area contributed by atoms with Crippen LogP contribution in [0.25, 0.3) is 0 Å². The normalized spacial score (nSPS) is 29.7. The number of likely N-dealkylation sites (tertiary alicyclic amines) is 2. The molecule has 0 amide bonds. The quantitative estimate of drug-likeness (QED) is 0.736. The highest BCUT2D eigenvalue weighted by molar-refractivity contribution is 5.27. The summed E-state index contributed by atoms with van der Waals surface area (Å²) < 4.78 is 5.98. The van der Waals surface area contributed by atoms with Gasteiger partial charge in [-0.15, -0.1) is 0 Å². The van der Waals surface area contributed by atoms with Gasteiger partial charge in [0, 0.05) is 32.8 Å². The summed E-state index contributed by atoms with van der Waals surface area (Å²) >= 11 is 0. The highest BCUT2D eigenvalue weighted by Gasteiger charge is 2.55. The van der Waals surface area contributed by atoms with Crippen LogP contribution in [0, 0.1) is 17.8 Å². The first kappa shape index (κ1) is 17.3. The van der Waals surface area contributed by atoms with Crippen molar-refractivity contribution < 1.29 is 9.84 Å². The van der Waals surface area contributed by atoms with Gasteiger partial charge in [0.05, 0.1) is 6.61 Å². The Balaban J connectivity index is 1.08. The average molecular weight is 344 g/mol. The van der Waals surface area contributed by atoms with E-state index in [9.17, 15) is 5.11 Å². The third-order valence-electron chi connectivity index (χ3n) is 6.29. The molecule has 0 spiro atoms. The summed E-state index contributed by atoms with van der Waals surface area (Å²) in [6.45, 7) is 9.06. The molecule has 1 aromatic carbocycles. The van der Waals surface area contributed by atoms with Crippen LogP contribution in [0.5, 0.6) is 5.75 Å². The van der Waals surface area contributed by atoms with Crippen molar-refractivity contribution in [2.75, 3.05) is 45.9 Å². The SMILES string of the molecule is Oc1cccc(CN2CC3C(COCCCN4CCCCC4)[C@@H]3C2)c1. The van der Waals surface area contributed by atoms with Gasteiger partial charge in [-0.3, -0.25) is 4.90 Å². The molecule has 138 valence electrons. The van der Waals surface area contributed by atoms with Crippen LogP contribution in [0.15, 0.2) is 24.3 Å². The molecule has 1 saturated carbocycles. The predicted octanol–water partition coefficient (Wildman–Crippen LogP) is 2.96. The van der Waals surface area contributed by atoms with Crippen molar-refractivity contribution in [3.8, 4) is 5.75 Å². The second-order valence-electron chi connectivity index (χ2n) is 8.19. The summed E-state index contributed by atoms with van der Waals surface area (Å²) in [5, 5.41) is 9.58. The lowest BCUT2D eigenvalue weighted by Crippen LogP contribution is -2.31.